The molecule has 2 rings (SSSR count). The molecular weight excluding hydrogens is 356 g/mol. The summed E-state index contributed by atoms with van der Waals surface area (Å²) in [6, 6.07) is 7.86. The number of rotatable bonds is 12. The highest BCUT2D eigenvalue weighted by Gasteiger charge is 2.15. The number of para-hydroxylation sites is 2. The largest absolute Gasteiger partial charge is 0.395 e. The second kappa shape index (κ2) is 10.7. The van der Waals surface area contributed by atoms with Gasteiger partial charge in [0.1, 0.15) is 0 Å². The molecule has 1 aromatic heterocycles. The molecule has 0 spiro atoms. The van der Waals surface area contributed by atoms with Crippen molar-refractivity contribution in [2.24, 2.45) is 0 Å². The minimum atomic E-state index is 0.00669. The maximum Gasteiger partial charge on any atom is 0.183 e. The van der Waals surface area contributed by atoms with Gasteiger partial charge < -0.3 is 29.6 Å². The number of hydrogen-bond acceptors (Lipinski definition) is 7. The minimum Gasteiger partial charge on any atom is -0.395 e. The Hall–Kier alpha value is -1.33. The normalized spacial score (nSPS) is 11.9. The summed E-state index contributed by atoms with van der Waals surface area (Å²) in [6.45, 7) is 2.75. The second-order valence-corrected chi connectivity index (χ2v) is 6.41. The number of nitrogens with zero attached hydrogens (tertiary/aromatic N) is 4. The van der Waals surface area contributed by atoms with Gasteiger partial charge in [-0.25, -0.2) is 0 Å². The molecule has 0 amide bonds. The number of imidazole rings is 1. The number of aliphatic hydroxyl groups excluding tert-OH is 4. The molecule has 2 aromatic rings. The van der Waals surface area contributed by atoms with Crippen LogP contribution < -0.4 is 0 Å². The first-order valence-corrected chi connectivity index (χ1v) is 9.13. The summed E-state index contributed by atoms with van der Waals surface area (Å²) < 4.78 is 4.57. The van der Waals surface area contributed by atoms with E-state index in [4.69, 9.17) is 12.2 Å². The Labute approximate surface area is 158 Å². The third-order valence-corrected chi connectivity index (χ3v) is 4.71. The van der Waals surface area contributed by atoms with Crippen molar-refractivity contribution < 1.29 is 20.4 Å². The van der Waals surface area contributed by atoms with Crippen LogP contribution in [0.4, 0.5) is 0 Å². The van der Waals surface area contributed by atoms with Crippen molar-refractivity contribution in [1.82, 2.24) is 18.9 Å². The van der Waals surface area contributed by atoms with Crippen molar-refractivity contribution in [2.45, 2.75) is 13.3 Å². The van der Waals surface area contributed by atoms with Crippen molar-refractivity contribution >= 4 is 23.3 Å². The molecule has 0 saturated carbocycles. The van der Waals surface area contributed by atoms with Crippen molar-refractivity contribution in [3.05, 3.63) is 29.0 Å². The van der Waals surface area contributed by atoms with Crippen LogP contribution in [-0.2, 0) is 13.3 Å². The fourth-order valence-electron chi connectivity index (χ4n) is 3.02. The van der Waals surface area contributed by atoms with Crippen LogP contribution in [0.2, 0.25) is 0 Å². The smallest absolute Gasteiger partial charge is 0.183 e. The lowest BCUT2D eigenvalue weighted by Crippen LogP contribution is -2.33. The highest BCUT2D eigenvalue weighted by molar-refractivity contribution is 7.71. The molecule has 0 aliphatic rings. The van der Waals surface area contributed by atoms with Gasteiger partial charge in [-0.15, -0.1) is 0 Å². The van der Waals surface area contributed by atoms with Crippen molar-refractivity contribution in [2.75, 3.05) is 52.6 Å². The average molecular weight is 385 g/mol. The number of hydrogen-bond donors (Lipinski definition) is 4. The standard InChI is InChI=1S/C17H28N4O4S/c22-9-5-18(6-10-23)13-20-15-3-1-2-4-16(15)21(17(20)26)14-19(7-11-24)8-12-25/h1-4,22-25H,5-14H2. The maximum absolute atomic E-state index is 9.25. The molecule has 8 nitrogen and oxygen atoms in total. The predicted octanol–water partition coefficient (Wildman–Crippen LogP) is -0.340. The molecule has 4 N–H and O–H groups in total. The first-order chi connectivity index (χ1) is 12.7. The van der Waals surface area contributed by atoms with Gasteiger partial charge in [0.05, 0.1) is 50.8 Å². The monoisotopic (exact) mass is 384 g/mol. The molecular formula is C17H28N4O4S. The fraction of sp³-hybridized carbons (Fsp3) is 0.588. The Bertz CT molecular complexity index is 663. The summed E-state index contributed by atoms with van der Waals surface area (Å²) in [5, 5.41) is 37.0. The van der Waals surface area contributed by atoms with Gasteiger partial charge in [0, 0.05) is 26.2 Å². The molecule has 9 heteroatoms. The third kappa shape index (κ3) is 5.10. The summed E-state index contributed by atoms with van der Waals surface area (Å²) >= 11 is 5.69. The van der Waals surface area contributed by atoms with E-state index in [-0.39, 0.29) is 26.4 Å². The molecule has 0 bridgehead atoms. The van der Waals surface area contributed by atoms with E-state index in [1.165, 1.54) is 0 Å². The van der Waals surface area contributed by atoms with Crippen LogP contribution >= 0.6 is 12.2 Å². The summed E-state index contributed by atoms with van der Waals surface area (Å²) in [5.41, 5.74) is 1.93. The number of aromatic nitrogens is 2. The molecule has 0 atom stereocenters. The van der Waals surface area contributed by atoms with Gasteiger partial charge in [-0.2, -0.15) is 0 Å². The Balaban J connectivity index is 2.39. The zero-order chi connectivity index (χ0) is 18.9. The molecule has 146 valence electrons. The van der Waals surface area contributed by atoms with E-state index in [2.05, 4.69) is 0 Å². The number of aliphatic hydroxyl groups is 4. The number of benzene rings is 1. The SMILES string of the molecule is OCCN(CCO)Cn1c(=S)n(CN(CCO)CCO)c2ccccc21. The lowest BCUT2D eigenvalue weighted by Gasteiger charge is -2.22. The summed E-state index contributed by atoms with van der Waals surface area (Å²) in [6.07, 6.45) is 0. The van der Waals surface area contributed by atoms with Gasteiger partial charge in [0.2, 0.25) is 0 Å². The topological polar surface area (TPSA) is 97.3 Å². The van der Waals surface area contributed by atoms with Gasteiger partial charge in [-0.05, 0) is 24.4 Å². The Morgan fingerprint density at radius 2 is 1.04 bits per heavy atom. The quantitative estimate of drug-likeness (QED) is 0.372. The highest BCUT2D eigenvalue weighted by Crippen LogP contribution is 2.19. The van der Waals surface area contributed by atoms with Crippen LogP contribution in [-0.4, -0.2) is 92.0 Å². The zero-order valence-electron chi connectivity index (χ0n) is 14.9. The van der Waals surface area contributed by atoms with Crippen LogP contribution in [0, 0.1) is 4.77 Å². The van der Waals surface area contributed by atoms with Crippen LogP contribution in [0.15, 0.2) is 24.3 Å². The molecule has 1 aromatic carbocycles. The van der Waals surface area contributed by atoms with Gasteiger partial charge in [-0.3, -0.25) is 9.80 Å². The molecule has 0 radical (unpaired) electrons. The van der Waals surface area contributed by atoms with E-state index in [0.717, 1.165) is 11.0 Å². The summed E-state index contributed by atoms with van der Waals surface area (Å²) in [5.74, 6) is 0. The van der Waals surface area contributed by atoms with Crippen LogP contribution in [0.25, 0.3) is 11.0 Å². The molecule has 0 unspecified atom stereocenters. The predicted molar refractivity (Wildman–Crippen MR) is 102 cm³/mol. The third-order valence-electron chi connectivity index (χ3n) is 4.27. The van der Waals surface area contributed by atoms with E-state index in [1.54, 1.807) is 0 Å². The van der Waals surface area contributed by atoms with E-state index in [1.807, 2.05) is 43.2 Å². The Morgan fingerprint density at radius 3 is 1.35 bits per heavy atom. The van der Waals surface area contributed by atoms with E-state index in [9.17, 15) is 20.4 Å². The molecule has 0 fully saturated rings. The molecule has 26 heavy (non-hydrogen) atoms. The average Bonchev–Trinajstić information content (AvgIpc) is 2.88. The summed E-state index contributed by atoms with van der Waals surface area (Å²) in [7, 11) is 0. The molecule has 0 aliphatic heterocycles. The minimum absolute atomic E-state index is 0.00669. The Morgan fingerprint density at radius 1 is 0.692 bits per heavy atom. The summed E-state index contributed by atoms with van der Waals surface area (Å²) in [4.78, 5) is 3.87. The van der Waals surface area contributed by atoms with E-state index in [0.29, 0.717) is 44.3 Å². The first kappa shape index (κ1) is 21.0. The van der Waals surface area contributed by atoms with Crippen LogP contribution in [0.3, 0.4) is 0 Å². The molecule has 1 heterocycles. The van der Waals surface area contributed by atoms with E-state index >= 15 is 0 Å². The highest BCUT2D eigenvalue weighted by atomic mass is 32.1. The molecule has 0 saturated heterocycles. The van der Waals surface area contributed by atoms with Crippen LogP contribution in [0.5, 0.6) is 0 Å². The molecule has 0 aliphatic carbocycles. The maximum atomic E-state index is 9.25. The Kier molecular flexibility index (Phi) is 8.66. The van der Waals surface area contributed by atoms with Gasteiger partial charge in [0.25, 0.3) is 0 Å². The fourth-order valence-corrected chi connectivity index (χ4v) is 3.33. The first-order valence-electron chi connectivity index (χ1n) is 8.72. The lowest BCUT2D eigenvalue weighted by atomic mass is 10.3. The zero-order valence-corrected chi connectivity index (χ0v) is 15.7. The van der Waals surface area contributed by atoms with Crippen molar-refractivity contribution in [3.63, 3.8) is 0 Å². The lowest BCUT2D eigenvalue weighted by molar-refractivity contribution is 0.129. The van der Waals surface area contributed by atoms with E-state index < -0.39 is 0 Å². The van der Waals surface area contributed by atoms with Gasteiger partial charge >= 0.3 is 0 Å². The van der Waals surface area contributed by atoms with Crippen molar-refractivity contribution in [1.29, 1.82) is 0 Å². The van der Waals surface area contributed by atoms with Gasteiger partial charge in [-0.1, -0.05) is 12.1 Å². The van der Waals surface area contributed by atoms with Gasteiger partial charge in [0.15, 0.2) is 4.77 Å². The second-order valence-electron chi connectivity index (χ2n) is 6.04. The number of fused-ring (bicyclic) bond motifs is 1. The van der Waals surface area contributed by atoms with Crippen LogP contribution in [0.1, 0.15) is 0 Å². The van der Waals surface area contributed by atoms with Crippen molar-refractivity contribution in [3.8, 4) is 0 Å².